The lowest BCUT2D eigenvalue weighted by molar-refractivity contribution is 0.380. The molecule has 0 saturated carbocycles. The van der Waals surface area contributed by atoms with Gasteiger partial charge in [0.2, 0.25) is 10.0 Å². The van der Waals surface area contributed by atoms with E-state index in [0.29, 0.717) is 24.3 Å². The van der Waals surface area contributed by atoms with Crippen molar-refractivity contribution in [1.29, 1.82) is 0 Å². The smallest absolute Gasteiger partial charge is 0.243 e. The van der Waals surface area contributed by atoms with E-state index in [1.165, 1.54) is 10.4 Å². The number of anilines is 1. The summed E-state index contributed by atoms with van der Waals surface area (Å²) in [5, 5.41) is 0. The Bertz CT molecular complexity index is 556. The third-order valence-electron chi connectivity index (χ3n) is 2.83. The van der Waals surface area contributed by atoms with Gasteiger partial charge in [0.1, 0.15) is 0 Å². The van der Waals surface area contributed by atoms with Crippen LogP contribution in [0.3, 0.4) is 0 Å². The van der Waals surface area contributed by atoms with Gasteiger partial charge in [0.25, 0.3) is 0 Å². The standard InChI is InChI=1S/C13H21BrN2O2S/c1-5-16(8-9(2)3)19(17,18)13-7-12(15)11(14)6-10(13)4/h6-7,9H,5,8,15H2,1-4H3. The third-order valence-corrected chi connectivity index (χ3v) is 5.60. The molecule has 1 aromatic carbocycles. The van der Waals surface area contributed by atoms with Crippen LogP contribution in [0.4, 0.5) is 5.69 Å². The molecule has 0 spiro atoms. The Labute approximate surface area is 124 Å². The fraction of sp³-hybridized carbons (Fsp3) is 0.538. The van der Waals surface area contributed by atoms with Crippen LogP contribution in [-0.2, 0) is 10.0 Å². The molecule has 0 saturated heterocycles. The van der Waals surface area contributed by atoms with E-state index < -0.39 is 10.0 Å². The molecule has 0 atom stereocenters. The van der Waals surface area contributed by atoms with Gasteiger partial charge >= 0.3 is 0 Å². The maximum Gasteiger partial charge on any atom is 0.243 e. The van der Waals surface area contributed by atoms with Crippen LogP contribution >= 0.6 is 15.9 Å². The number of nitrogens with zero attached hydrogens (tertiary/aromatic N) is 1. The van der Waals surface area contributed by atoms with Gasteiger partial charge in [-0.25, -0.2) is 8.42 Å². The highest BCUT2D eigenvalue weighted by Gasteiger charge is 2.26. The fourth-order valence-electron chi connectivity index (χ4n) is 1.89. The minimum Gasteiger partial charge on any atom is -0.398 e. The van der Waals surface area contributed by atoms with Crippen molar-refractivity contribution in [3.05, 3.63) is 22.2 Å². The first kappa shape index (κ1) is 16.5. The van der Waals surface area contributed by atoms with Crippen LogP contribution in [0.1, 0.15) is 26.3 Å². The van der Waals surface area contributed by atoms with Gasteiger partial charge in [0.15, 0.2) is 0 Å². The van der Waals surface area contributed by atoms with Gasteiger partial charge in [-0.05, 0) is 46.5 Å². The molecule has 0 unspecified atom stereocenters. The molecule has 0 aliphatic heterocycles. The predicted molar refractivity (Wildman–Crippen MR) is 82.6 cm³/mol. The van der Waals surface area contributed by atoms with Crippen molar-refractivity contribution in [2.75, 3.05) is 18.8 Å². The van der Waals surface area contributed by atoms with Crippen LogP contribution in [-0.4, -0.2) is 25.8 Å². The summed E-state index contributed by atoms with van der Waals surface area (Å²) >= 11 is 3.31. The summed E-state index contributed by atoms with van der Waals surface area (Å²) in [6.07, 6.45) is 0. The summed E-state index contributed by atoms with van der Waals surface area (Å²) in [4.78, 5) is 0.288. The lowest BCUT2D eigenvalue weighted by Crippen LogP contribution is -2.34. The zero-order valence-corrected chi connectivity index (χ0v) is 14.2. The lowest BCUT2D eigenvalue weighted by atomic mass is 10.2. The van der Waals surface area contributed by atoms with Gasteiger partial charge < -0.3 is 5.73 Å². The minimum absolute atomic E-state index is 0.280. The van der Waals surface area contributed by atoms with Crippen LogP contribution in [0.25, 0.3) is 0 Å². The molecule has 4 nitrogen and oxygen atoms in total. The van der Waals surface area contributed by atoms with E-state index in [1.54, 1.807) is 13.0 Å². The number of aryl methyl sites for hydroxylation is 1. The van der Waals surface area contributed by atoms with Gasteiger partial charge in [0.05, 0.1) is 4.90 Å². The summed E-state index contributed by atoms with van der Waals surface area (Å²) in [7, 11) is -3.48. The number of benzene rings is 1. The Kier molecular flexibility index (Phi) is 5.41. The maximum atomic E-state index is 12.6. The SMILES string of the molecule is CCN(CC(C)C)S(=O)(=O)c1cc(N)c(Br)cc1C. The van der Waals surface area contributed by atoms with Crippen molar-refractivity contribution in [2.45, 2.75) is 32.6 Å². The maximum absolute atomic E-state index is 12.6. The van der Waals surface area contributed by atoms with E-state index in [9.17, 15) is 8.42 Å². The first-order valence-electron chi connectivity index (χ1n) is 6.25. The highest BCUT2D eigenvalue weighted by Crippen LogP contribution is 2.28. The molecule has 0 heterocycles. The van der Waals surface area contributed by atoms with Crippen LogP contribution < -0.4 is 5.73 Å². The normalized spacial score (nSPS) is 12.4. The molecule has 0 aliphatic rings. The van der Waals surface area contributed by atoms with Crippen molar-refractivity contribution in [3.63, 3.8) is 0 Å². The van der Waals surface area contributed by atoms with Crippen LogP contribution in [0.15, 0.2) is 21.5 Å². The monoisotopic (exact) mass is 348 g/mol. The zero-order valence-electron chi connectivity index (χ0n) is 11.8. The van der Waals surface area contributed by atoms with E-state index >= 15 is 0 Å². The van der Waals surface area contributed by atoms with E-state index in [4.69, 9.17) is 5.73 Å². The van der Waals surface area contributed by atoms with Crippen molar-refractivity contribution < 1.29 is 8.42 Å². The summed E-state index contributed by atoms with van der Waals surface area (Å²) in [6, 6.07) is 3.27. The van der Waals surface area contributed by atoms with E-state index in [-0.39, 0.29) is 10.8 Å². The number of nitrogens with two attached hydrogens (primary N) is 1. The van der Waals surface area contributed by atoms with E-state index in [2.05, 4.69) is 15.9 Å². The van der Waals surface area contributed by atoms with Crippen molar-refractivity contribution >= 4 is 31.6 Å². The Morgan fingerprint density at radius 3 is 2.42 bits per heavy atom. The first-order chi connectivity index (χ1) is 8.70. The largest absolute Gasteiger partial charge is 0.398 e. The second kappa shape index (κ2) is 6.24. The van der Waals surface area contributed by atoms with Crippen molar-refractivity contribution in [2.24, 2.45) is 5.92 Å². The molecule has 2 N–H and O–H groups in total. The molecule has 0 aromatic heterocycles. The van der Waals surface area contributed by atoms with Gasteiger partial charge in [-0.2, -0.15) is 4.31 Å². The molecule has 0 amide bonds. The summed E-state index contributed by atoms with van der Waals surface area (Å²) in [5.41, 5.74) is 6.93. The van der Waals surface area contributed by atoms with Gasteiger partial charge in [-0.3, -0.25) is 0 Å². The molecule has 0 fully saturated rings. The molecule has 0 radical (unpaired) electrons. The number of hydrogen-bond acceptors (Lipinski definition) is 3. The Hall–Kier alpha value is -0.590. The second-order valence-electron chi connectivity index (χ2n) is 4.99. The first-order valence-corrected chi connectivity index (χ1v) is 8.49. The van der Waals surface area contributed by atoms with E-state index in [0.717, 1.165) is 4.47 Å². The highest BCUT2D eigenvalue weighted by atomic mass is 79.9. The number of halogens is 1. The van der Waals surface area contributed by atoms with Gasteiger partial charge in [0, 0.05) is 23.2 Å². The Morgan fingerprint density at radius 1 is 1.37 bits per heavy atom. The predicted octanol–water partition coefficient (Wildman–Crippen LogP) is 3.01. The molecular weight excluding hydrogens is 328 g/mol. The van der Waals surface area contributed by atoms with Crippen LogP contribution in [0.2, 0.25) is 0 Å². The average molecular weight is 349 g/mol. The molecule has 0 aliphatic carbocycles. The Balaban J connectivity index is 3.30. The lowest BCUT2D eigenvalue weighted by Gasteiger charge is -2.23. The topological polar surface area (TPSA) is 63.4 Å². The van der Waals surface area contributed by atoms with E-state index in [1.807, 2.05) is 20.8 Å². The number of rotatable bonds is 5. The quantitative estimate of drug-likeness (QED) is 0.831. The van der Waals surface area contributed by atoms with Crippen LogP contribution in [0.5, 0.6) is 0 Å². The number of sulfonamides is 1. The molecule has 1 aromatic rings. The second-order valence-corrected chi connectivity index (χ2v) is 7.75. The third kappa shape index (κ3) is 3.70. The van der Waals surface area contributed by atoms with Crippen molar-refractivity contribution in [1.82, 2.24) is 4.31 Å². The summed E-state index contributed by atoms with van der Waals surface area (Å²) < 4.78 is 27.5. The summed E-state index contributed by atoms with van der Waals surface area (Å²) in [5.74, 6) is 0.280. The molecule has 19 heavy (non-hydrogen) atoms. The van der Waals surface area contributed by atoms with Gasteiger partial charge in [-0.1, -0.05) is 20.8 Å². The highest BCUT2D eigenvalue weighted by molar-refractivity contribution is 9.10. The zero-order chi connectivity index (χ0) is 14.8. The number of nitrogen functional groups attached to an aromatic ring is 1. The molecule has 1 rings (SSSR count). The molecule has 108 valence electrons. The van der Waals surface area contributed by atoms with Gasteiger partial charge in [-0.15, -0.1) is 0 Å². The molecule has 0 bridgehead atoms. The fourth-order valence-corrected chi connectivity index (χ4v) is 4.20. The average Bonchev–Trinajstić information content (AvgIpc) is 2.30. The molecular formula is C13H21BrN2O2S. The van der Waals surface area contributed by atoms with Crippen LogP contribution in [0, 0.1) is 12.8 Å². The van der Waals surface area contributed by atoms with Crippen molar-refractivity contribution in [3.8, 4) is 0 Å². The number of hydrogen-bond donors (Lipinski definition) is 1. The minimum atomic E-state index is -3.48. The Morgan fingerprint density at radius 2 is 1.95 bits per heavy atom. The molecule has 6 heteroatoms. The summed E-state index contributed by atoms with van der Waals surface area (Å²) in [6.45, 7) is 8.59.